The lowest BCUT2D eigenvalue weighted by molar-refractivity contribution is -0.120. The number of Topliss-reactive ketones (excluding diaryl/α,β-unsaturated/α-hetero) is 1. The summed E-state index contributed by atoms with van der Waals surface area (Å²) >= 11 is 0. The van der Waals surface area contributed by atoms with E-state index in [1.165, 1.54) is 6.92 Å². The minimum Gasteiger partial charge on any atom is -0.480 e. The first-order valence-electron chi connectivity index (χ1n) is 8.61. The van der Waals surface area contributed by atoms with Crippen LogP contribution in [0.4, 0.5) is 11.5 Å². The van der Waals surface area contributed by atoms with Gasteiger partial charge in [-0.2, -0.15) is 0 Å². The van der Waals surface area contributed by atoms with Crippen LogP contribution in [-0.4, -0.2) is 42.1 Å². The Balaban J connectivity index is 1.53. The Morgan fingerprint density at radius 3 is 2.31 bits per heavy atom. The van der Waals surface area contributed by atoms with Gasteiger partial charge in [-0.3, -0.25) is 9.59 Å². The summed E-state index contributed by atoms with van der Waals surface area (Å²) < 4.78 is 5.02. The third kappa shape index (κ3) is 4.17. The van der Waals surface area contributed by atoms with Crippen molar-refractivity contribution in [1.29, 1.82) is 0 Å². The summed E-state index contributed by atoms with van der Waals surface area (Å²) in [7, 11) is 1.56. The minimum absolute atomic E-state index is 0.0110. The summed E-state index contributed by atoms with van der Waals surface area (Å²) in [5.41, 5.74) is 1.35. The maximum absolute atomic E-state index is 12.5. The van der Waals surface area contributed by atoms with E-state index < -0.39 is 0 Å². The van der Waals surface area contributed by atoms with Crippen LogP contribution in [0.2, 0.25) is 0 Å². The van der Waals surface area contributed by atoms with E-state index in [0.29, 0.717) is 17.1 Å². The molecule has 7 heteroatoms. The van der Waals surface area contributed by atoms with Crippen molar-refractivity contribution in [3.05, 3.63) is 42.0 Å². The number of rotatable bonds is 5. The van der Waals surface area contributed by atoms with E-state index in [9.17, 15) is 9.59 Å². The molecule has 1 aliphatic rings. The fraction of sp³-hybridized carbons (Fsp3) is 0.368. The highest BCUT2D eigenvalue weighted by Crippen LogP contribution is 2.23. The van der Waals surface area contributed by atoms with Gasteiger partial charge in [0.15, 0.2) is 11.6 Å². The Kier molecular flexibility index (Phi) is 5.46. The molecule has 0 aliphatic carbocycles. The van der Waals surface area contributed by atoms with Crippen molar-refractivity contribution in [2.45, 2.75) is 19.8 Å². The number of amides is 1. The quantitative estimate of drug-likeness (QED) is 0.831. The first-order chi connectivity index (χ1) is 12.6. The van der Waals surface area contributed by atoms with Crippen LogP contribution in [0.5, 0.6) is 5.88 Å². The predicted octanol–water partition coefficient (Wildman–Crippen LogP) is 2.54. The van der Waals surface area contributed by atoms with Gasteiger partial charge in [-0.15, -0.1) is 10.2 Å². The summed E-state index contributed by atoms with van der Waals surface area (Å²) in [5.74, 6) is 1.27. The average Bonchev–Trinajstić information content (AvgIpc) is 2.68. The molecule has 0 atom stereocenters. The zero-order valence-electron chi connectivity index (χ0n) is 14.9. The molecule has 1 fully saturated rings. The highest BCUT2D eigenvalue weighted by Gasteiger charge is 2.26. The summed E-state index contributed by atoms with van der Waals surface area (Å²) in [6, 6.07) is 10.6. The Bertz CT molecular complexity index is 766. The highest BCUT2D eigenvalue weighted by atomic mass is 16.5. The van der Waals surface area contributed by atoms with Crippen molar-refractivity contribution >= 4 is 23.2 Å². The number of aromatic nitrogens is 2. The molecule has 0 saturated carbocycles. The lowest BCUT2D eigenvalue weighted by atomic mass is 9.95. The number of methoxy groups -OCH3 is 1. The third-order valence-corrected chi connectivity index (χ3v) is 4.58. The van der Waals surface area contributed by atoms with Gasteiger partial charge in [0.1, 0.15) is 0 Å². The Hall–Kier alpha value is -2.96. The van der Waals surface area contributed by atoms with Gasteiger partial charge in [-0.05, 0) is 50.1 Å². The number of nitrogens with zero attached hydrogens (tertiary/aromatic N) is 3. The Labute approximate surface area is 152 Å². The van der Waals surface area contributed by atoms with Crippen molar-refractivity contribution in [3.8, 4) is 5.88 Å². The molecule has 3 rings (SSSR count). The number of piperidine rings is 1. The molecule has 2 heterocycles. The number of carbonyl (C=O) groups excluding carboxylic acids is 2. The second-order valence-electron chi connectivity index (χ2n) is 6.32. The predicted molar refractivity (Wildman–Crippen MR) is 98.6 cm³/mol. The van der Waals surface area contributed by atoms with Crippen LogP contribution in [-0.2, 0) is 4.79 Å². The Morgan fingerprint density at radius 2 is 1.77 bits per heavy atom. The SMILES string of the molecule is COc1ccc(N2CCC(C(=O)Nc3ccc(C(C)=O)cc3)CC2)nn1. The number of hydrogen-bond acceptors (Lipinski definition) is 6. The summed E-state index contributed by atoms with van der Waals surface area (Å²) in [5, 5.41) is 11.1. The van der Waals surface area contributed by atoms with Gasteiger partial charge >= 0.3 is 0 Å². The number of benzene rings is 1. The molecule has 2 aromatic rings. The highest BCUT2D eigenvalue weighted by molar-refractivity contribution is 5.96. The number of nitrogens with one attached hydrogen (secondary N) is 1. The molecule has 1 aliphatic heterocycles. The van der Waals surface area contributed by atoms with Crippen LogP contribution in [0.15, 0.2) is 36.4 Å². The van der Waals surface area contributed by atoms with E-state index >= 15 is 0 Å². The van der Waals surface area contributed by atoms with Crippen molar-refractivity contribution in [3.63, 3.8) is 0 Å². The number of ether oxygens (including phenoxy) is 1. The minimum atomic E-state index is -0.0371. The molecule has 1 saturated heterocycles. The van der Waals surface area contributed by atoms with Crippen molar-refractivity contribution in [2.24, 2.45) is 5.92 Å². The van der Waals surface area contributed by atoms with Gasteiger partial charge in [0.05, 0.1) is 7.11 Å². The summed E-state index contributed by atoms with van der Waals surface area (Å²) in [6.07, 6.45) is 1.51. The topological polar surface area (TPSA) is 84.4 Å². The van der Waals surface area contributed by atoms with Crippen molar-refractivity contribution in [2.75, 3.05) is 30.4 Å². The first-order valence-corrected chi connectivity index (χ1v) is 8.61. The molecular weight excluding hydrogens is 332 g/mol. The van der Waals surface area contributed by atoms with E-state index in [-0.39, 0.29) is 17.6 Å². The van der Waals surface area contributed by atoms with Gasteiger partial charge in [0.2, 0.25) is 11.8 Å². The van der Waals surface area contributed by atoms with Crippen LogP contribution < -0.4 is 15.0 Å². The standard InChI is InChI=1S/C19H22N4O3/c1-13(24)14-3-5-16(6-4-14)20-19(25)15-9-11-23(12-10-15)17-7-8-18(26-2)22-21-17/h3-8,15H,9-12H2,1-2H3,(H,20,25). The second kappa shape index (κ2) is 7.95. The third-order valence-electron chi connectivity index (χ3n) is 4.58. The molecule has 7 nitrogen and oxygen atoms in total. The average molecular weight is 354 g/mol. The molecule has 26 heavy (non-hydrogen) atoms. The first kappa shape index (κ1) is 17.8. The second-order valence-corrected chi connectivity index (χ2v) is 6.32. The fourth-order valence-corrected chi connectivity index (χ4v) is 2.99. The largest absolute Gasteiger partial charge is 0.480 e. The van der Waals surface area contributed by atoms with Crippen molar-refractivity contribution < 1.29 is 14.3 Å². The normalized spacial score (nSPS) is 14.8. The van der Waals surface area contributed by atoms with Crippen LogP contribution in [0, 0.1) is 5.92 Å². The molecule has 0 bridgehead atoms. The number of hydrogen-bond donors (Lipinski definition) is 1. The molecule has 136 valence electrons. The van der Waals surface area contributed by atoms with Gasteiger partial charge < -0.3 is 15.0 Å². The zero-order valence-corrected chi connectivity index (χ0v) is 14.9. The van der Waals surface area contributed by atoms with Crippen LogP contribution >= 0.6 is 0 Å². The van der Waals surface area contributed by atoms with Crippen LogP contribution in [0.1, 0.15) is 30.1 Å². The maximum atomic E-state index is 12.5. The van der Waals surface area contributed by atoms with Gasteiger partial charge in [0.25, 0.3) is 0 Å². The molecule has 1 N–H and O–H groups in total. The van der Waals surface area contributed by atoms with Crippen LogP contribution in [0.3, 0.4) is 0 Å². The van der Waals surface area contributed by atoms with E-state index in [4.69, 9.17) is 4.74 Å². The number of ketones is 1. The lowest BCUT2D eigenvalue weighted by Gasteiger charge is -2.31. The summed E-state index contributed by atoms with van der Waals surface area (Å²) in [6.45, 7) is 3.03. The molecule has 1 amide bonds. The molecule has 0 unspecified atom stereocenters. The Morgan fingerprint density at radius 1 is 1.08 bits per heavy atom. The fourth-order valence-electron chi connectivity index (χ4n) is 2.99. The van der Waals surface area contributed by atoms with Crippen LogP contribution in [0.25, 0.3) is 0 Å². The summed E-state index contributed by atoms with van der Waals surface area (Å²) in [4.78, 5) is 25.9. The number of anilines is 2. The smallest absolute Gasteiger partial charge is 0.233 e. The maximum Gasteiger partial charge on any atom is 0.233 e. The molecule has 0 spiro atoms. The van der Waals surface area contributed by atoms with Gasteiger partial charge in [0, 0.05) is 36.3 Å². The number of carbonyl (C=O) groups is 2. The lowest BCUT2D eigenvalue weighted by Crippen LogP contribution is -2.38. The molecule has 1 aromatic carbocycles. The van der Waals surface area contributed by atoms with E-state index in [1.807, 2.05) is 6.07 Å². The van der Waals surface area contributed by atoms with Crippen molar-refractivity contribution in [1.82, 2.24) is 10.2 Å². The van der Waals surface area contributed by atoms with E-state index in [1.54, 1.807) is 37.4 Å². The van der Waals surface area contributed by atoms with Gasteiger partial charge in [-0.25, -0.2) is 0 Å². The van der Waals surface area contributed by atoms with Gasteiger partial charge in [-0.1, -0.05) is 0 Å². The van der Waals surface area contributed by atoms with E-state index in [2.05, 4.69) is 20.4 Å². The molecule has 0 radical (unpaired) electrons. The molecular formula is C19H22N4O3. The molecule has 1 aromatic heterocycles. The monoisotopic (exact) mass is 354 g/mol. The van der Waals surface area contributed by atoms with E-state index in [0.717, 1.165) is 31.7 Å². The zero-order chi connectivity index (χ0) is 18.5.